The molecule has 5 nitrogen and oxygen atoms in total. The standard InChI is InChI=1S/C17H22N2O3S/c1-3-22-17(21)14-10(2)13-15(20)18-12(19-16(13)23-14)9-11-7-5-4-6-8-11/h11H,3-9H2,1-2H3,(H,18,19,20). The van der Waals surface area contributed by atoms with Crippen molar-refractivity contribution < 1.29 is 9.53 Å². The minimum Gasteiger partial charge on any atom is -0.462 e. The van der Waals surface area contributed by atoms with Gasteiger partial charge in [0.2, 0.25) is 0 Å². The molecule has 2 aromatic heterocycles. The van der Waals surface area contributed by atoms with Crippen LogP contribution in [0.4, 0.5) is 0 Å². The third-order valence-electron chi connectivity index (χ3n) is 4.52. The largest absolute Gasteiger partial charge is 0.462 e. The highest BCUT2D eigenvalue weighted by molar-refractivity contribution is 7.20. The second-order valence-corrected chi connectivity index (χ2v) is 7.18. The Kier molecular flexibility index (Phi) is 4.80. The summed E-state index contributed by atoms with van der Waals surface area (Å²) in [7, 11) is 0. The van der Waals surface area contributed by atoms with Gasteiger partial charge in [0.25, 0.3) is 5.56 Å². The van der Waals surface area contributed by atoms with Gasteiger partial charge in [0, 0.05) is 6.42 Å². The quantitative estimate of drug-likeness (QED) is 0.867. The van der Waals surface area contributed by atoms with Crippen molar-refractivity contribution in [3.63, 3.8) is 0 Å². The SMILES string of the molecule is CCOC(=O)c1sc2nc(CC3CCCCC3)[nH]c(=O)c2c1C. The minimum absolute atomic E-state index is 0.148. The van der Waals surface area contributed by atoms with Gasteiger partial charge in [-0.25, -0.2) is 9.78 Å². The number of aromatic amines is 1. The number of rotatable bonds is 4. The van der Waals surface area contributed by atoms with Crippen molar-refractivity contribution in [3.8, 4) is 0 Å². The molecule has 1 aliphatic carbocycles. The van der Waals surface area contributed by atoms with Crippen LogP contribution in [0.2, 0.25) is 0 Å². The first-order valence-corrected chi connectivity index (χ1v) is 9.11. The van der Waals surface area contributed by atoms with Crippen molar-refractivity contribution in [2.24, 2.45) is 5.92 Å². The Labute approximate surface area is 139 Å². The lowest BCUT2D eigenvalue weighted by Gasteiger charge is -2.20. The number of ether oxygens (including phenoxy) is 1. The predicted molar refractivity (Wildman–Crippen MR) is 91.2 cm³/mol. The Morgan fingerprint density at radius 1 is 1.35 bits per heavy atom. The average molecular weight is 334 g/mol. The summed E-state index contributed by atoms with van der Waals surface area (Å²) in [5.41, 5.74) is 0.520. The number of nitrogens with one attached hydrogen (secondary N) is 1. The first kappa shape index (κ1) is 16.2. The molecule has 0 radical (unpaired) electrons. The lowest BCUT2D eigenvalue weighted by Crippen LogP contribution is -2.16. The van der Waals surface area contributed by atoms with E-state index in [0.29, 0.717) is 33.2 Å². The predicted octanol–water partition coefficient (Wildman–Crippen LogP) is 3.59. The Balaban J connectivity index is 1.94. The Morgan fingerprint density at radius 2 is 2.09 bits per heavy atom. The van der Waals surface area contributed by atoms with E-state index in [1.807, 2.05) is 0 Å². The number of hydrogen-bond donors (Lipinski definition) is 1. The third kappa shape index (κ3) is 3.32. The molecular weight excluding hydrogens is 312 g/mol. The van der Waals surface area contributed by atoms with Gasteiger partial charge in [-0.15, -0.1) is 11.3 Å². The molecule has 0 spiro atoms. The van der Waals surface area contributed by atoms with Crippen LogP contribution in [0.3, 0.4) is 0 Å². The van der Waals surface area contributed by atoms with Crippen LogP contribution < -0.4 is 5.56 Å². The van der Waals surface area contributed by atoms with Crippen molar-refractivity contribution in [3.05, 3.63) is 26.6 Å². The first-order chi connectivity index (χ1) is 11.1. The van der Waals surface area contributed by atoms with Crippen LogP contribution in [0, 0.1) is 12.8 Å². The Hall–Kier alpha value is -1.69. The lowest BCUT2D eigenvalue weighted by atomic mass is 9.87. The van der Waals surface area contributed by atoms with Crippen molar-refractivity contribution >= 4 is 27.5 Å². The van der Waals surface area contributed by atoms with Gasteiger partial charge < -0.3 is 9.72 Å². The highest BCUT2D eigenvalue weighted by atomic mass is 32.1. The summed E-state index contributed by atoms with van der Waals surface area (Å²) in [5, 5.41) is 0.519. The number of H-pyrrole nitrogens is 1. The van der Waals surface area contributed by atoms with E-state index in [2.05, 4.69) is 9.97 Å². The molecule has 124 valence electrons. The average Bonchev–Trinajstić information content (AvgIpc) is 2.86. The summed E-state index contributed by atoms with van der Waals surface area (Å²) in [4.78, 5) is 33.1. The fraction of sp³-hybridized carbons (Fsp3) is 0.588. The van der Waals surface area contributed by atoms with E-state index in [1.54, 1.807) is 13.8 Å². The van der Waals surface area contributed by atoms with E-state index in [4.69, 9.17) is 4.74 Å². The van der Waals surface area contributed by atoms with E-state index in [9.17, 15) is 9.59 Å². The van der Waals surface area contributed by atoms with Crippen LogP contribution in [0.5, 0.6) is 0 Å². The van der Waals surface area contributed by atoms with Crippen LogP contribution in [0.15, 0.2) is 4.79 Å². The number of carbonyl (C=O) groups is 1. The van der Waals surface area contributed by atoms with Crippen LogP contribution in [0.1, 0.15) is 60.1 Å². The van der Waals surface area contributed by atoms with E-state index < -0.39 is 0 Å². The van der Waals surface area contributed by atoms with Crippen LogP contribution in [-0.2, 0) is 11.2 Å². The fourth-order valence-electron chi connectivity index (χ4n) is 3.34. The molecule has 1 fully saturated rings. The van der Waals surface area contributed by atoms with E-state index in [-0.39, 0.29) is 11.5 Å². The van der Waals surface area contributed by atoms with Gasteiger partial charge in [0.1, 0.15) is 15.5 Å². The van der Waals surface area contributed by atoms with Gasteiger partial charge in [0.15, 0.2) is 0 Å². The van der Waals surface area contributed by atoms with E-state index >= 15 is 0 Å². The molecular formula is C17H22N2O3S. The van der Waals surface area contributed by atoms with E-state index in [1.165, 1.54) is 43.4 Å². The number of nitrogens with zero attached hydrogens (tertiary/aromatic N) is 1. The van der Waals surface area contributed by atoms with Crippen LogP contribution in [-0.4, -0.2) is 22.5 Å². The van der Waals surface area contributed by atoms with Gasteiger partial charge in [0.05, 0.1) is 12.0 Å². The zero-order valence-corrected chi connectivity index (χ0v) is 14.4. The van der Waals surface area contributed by atoms with Crippen molar-refractivity contribution in [2.75, 3.05) is 6.61 Å². The number of esters is 1. The molecule has 23 heavy (non-hydrogen) atoms. The van der Waals surface area contributed by atoms with Crippen molar-refractivity contribution in [1.29, 1.82) is 0 Å². The number of aryl methyl sites for hydroxylation is 1. The minimum atomic E-state index is -0.374. The maximum atomic E-state index is 12.4. The molecule has 0 atom stereocenters. The van der Waals surface area contributed by atoms with E-state index in [0.717, 1.165) is 12.2 Å². The molecule has 1 saturated carbocycles. The summed E-state index contributed by atoms with van der Waals surface area (Å²) < 4.78 is 5.06. The summed E-state index contributed by atoms with van der Waals surface area (Å²) in [6, 6.07) is 0. The molecule has 0 saturated heterocycles. The summed E-state index contributed by atoms with van der Waals surface area (Å²) in [6.07, 6.45) is 7.08. The smallest absolute Gasteiger partial charge is 0.348 e. The first-order valence-electron chi connectivity index (χ1n) is 8.29. The van der Waals surface area contributed by atoms with Gasteiger partial charge >= 0.3 is 5.97 Å². The monoisotopic (exact) mass is 334 g/mol. The van der Waals surface area contributed by atoms with Gasteiger partial charge in [-0.05, 0) is 25.3 Å². The molecule has 2 heterocycles. The highest BCUT2D eigenvalue weighted by Gasteiger charge is 2.21. The summed E-state index contributed by atoms with van der Waals surface area (Å²) >= 11 is 1.26. The normalized spacial score (nSPS) is 15.9. The Morgan fingerprint density at radius 3 is 2.78 bits per heavy atom. The van der Waals surface area contributed by atoms with Gasteiger partial charge in [-0.2, -0.15) is 0 Å². The lowest BCUT2D eigenvalue weighted by molar-refractivity contribution is 0.0531. The second-order valence-electron chi connectivity index (χ2n) is 6.18. The molecule has 0 unspecified atom stereocenters. The molecule has 0 amide bonds. The topological polar surface area (TPSA) is 72.0 Å². The van der Waals surface area contributed by atoms with Crippen LogP contribution >= 0.6 is 11.3 Å². The maximum absolute atomic E-state index is 12.4. The fourth-order valence-corrected chi connectivity index (χ4v) is 4.44. The van der Waals surface area contributed by atoms with Gasteiger partial charge in [-0.3, -0.25) is 4.79 Å². The highest BCUT2D eigenvalue weighted by Crippen LogP contribution is 2.29. The molecule has 3 rings (SSSR count). The number of carbonyl (C=O) groups excluding carboxylic acids is 1. The second kappa shape index (κ2) is 6.83. The molecule has 6 heteroatoms. The third-order valence-corrected chi connectivity index (χ3v) is 5.68. The van der Waals surface area contributed by atoms with Crippen LogP contribution in [0.25, 0.3) is 10.2 Å². The summed E-state index contributed by atoms with van der Waals surface area (Å²) in [5.74, 6) is 0.974. The number of thiophene rings is 1. The molecule has 2 aromatic rings. The van der Waals surface area contributed by atoms with Gasteiger partial charge in [-0.1, -0.05) is 32.1 Å². The zero-order chi connectivity index (χ0) is 16.4. The molecule has 0 aliphatic heterocycles. The molecule has 1 N–H and O–H groups in total. The molecule has 1 aliphatic rings. The maximum Gasteiger partial charge on any atom is 0.348 e. The zero-order valence-electron chi connectivity index (χ0n) is 13.6. The summed E-state index contributed by atoms with van der Waals surface area (Å²) in [6.45, 7) is 3.87. The number of aromatic nitrogens is 2. The number of fused-ring (bicyclic) bond motifs is 1. The molecule has 0 aromatic carbocycles. The number of hydrogen-bond acceptors (Lipinski definition) is 5. The van der Waals surface area contributed by atoms with Crippen molar-refractivity contribution in [2.45, 2.75) is 52.4 Å². The Bertz CT molecular complexity index is 772. The molecule has 0 bridgehead atoms. The van der Waals surface area contributed by atoms with Crippen molar-refractivity contribution in [1.82, 2.24) is 9.97 Å².